The Balaban J connectivity index is 1.26. The Hall–Kier alpha value is -2.54. The number of carbonyl (C=O) groups is 1. The van der Waals surface area contributed by atoms with Crippen LogP contribution in [0.2, 0.25) is 0 Å². The maximum atomic E-state index is 13.5. The number of aliphatic hydroxyl groups excluding tert-OH is 1. The van der Waals surface area contributed by atoms with Gasteiger partial charge in [-0.05, 0) is 79.4 Å². The summed E-state index contributed by atoms with van der Waals surface area (Å²) >= 11 is 1.26. The topological polar surface area (TPSA) is 105 Å². The summed E-state index contributed by atoms with van der Waals surface area (Å²) in [4.78, 5) is 25.4. The quantitative estimate of drug-likeness (QED) is 0.330. The van der Waals surface area contributed by atoms with Crippen molar-refractivity contribution in [2.45, 2.75) is 75.8 Å². The Morgan fingerprint density at radius 3 is 2.84 bits per heavy atom. The third-order valence-electron chi connectivity index (χ3n) is 10.4. The number of ketones is 1. The molecule has 200 valence electrons. The molecule has 9 heteroatoms. The number of fused-ring (bicyclic) bond motifs is 6. The van der Waals surface area contributed by atoms with Crippen LogP contribution in [0.25, 0.3) is 10.9 Å². The third-order valence-corrected chi connectivity index (χ3v) is 11.3. The van der Waals surface area contributed by atoms with E-state index in [0.717, 1.165) is 31.4 Å². The van der Waals surface area contributed by atoms with Gasteiger partial charge in [0.2, 0.25) is 6.54 Å². The van der Waals surface area contributed by atoms with Crippen LogP contribution in [0.15, 0.2) is 35.4 Å². The van der Waals surface area contributed by atoms with E-state index in [2.05, 4.69) is 32.9 Å². The molecule has 0 bridgehead atoms. The number of Topliss-reactive ketones (excluding diaryl/α,β-unsaturated/α-hetero) is 1. The van der Waals surface area contributed by atoms with Gasteiger partial charge in [-0.15, -0.1) is 0 Å². The van der Waals surface area contributed by atoms with Crippen LogP contribution in [0.3, 0.4) is 0 Å². The molecular weight excluding hydrogens is 498 g/mol. The molecule has 0 amide bonds. The molecule has 0 radical (unpaired) electrons. The Labute approximate surface area is 227 Å². The maximum Gasteiger partial charge on any atom is 0.234 e. The van der Waals surface area contributed by atoms with E-state index >= 15 is 0 Å². The van der Waals surface area contributed by atoms with E-state index in [-0.39, 0.29) is 34.7 Å². The van der Waals surface area contributed by atoms with Gasteiger partial charge in [-0.1, -0.05) is 31.2 Å². The molecular formula is C29H35N5O3S. The fourth-order valence-electron chi connectivity index (χ4n) is 8.63. The first-order valence-corrected chi connectivity index (χ1v) is 14.6. The molecule has 2 aromatic heterocycles. The van der Waals surface area contributed by atoms with E-state index in [1.165, 1.54) is 22.9 Å². The highest BCUT2D eigenvalue weighted by molar-refractivity contribution is 7.99. The molecule has 3 fully saturated rings. The maximum absolute atomic E-state index is 13.5. The number of allylic oxidation sites excluding steroid dienone is 1. The summed E-state index contributed by atoms with van der Waals surface area (Å²) in [7, 11) is 0. The molecule has 0 aromatic carbocycles. The van der Waals surface area contributed by atoms with E-state index in [4.69, 9.17) is 6.57 Å². The second-order valence-corrected chi connectivity index (χ2v) is 13.0. The molecule has 38 heavy (non-hydrogen) atoms. The van der Waals surface area contributed by atoms with Crippen molar-refractivity contribution in [1.29, 1.82) is 0 Å². The molecule has 4 aliphatic rings. The molecule has 0 aliphatic heterocycles. The van der Waals surface area contributed by atoms with E-state index < -0.39 is 17.1 Å². The molecule has 8 nitrogen and oxygen atoms in total. The minimum absolute atomic E-state index is 0.0739. The minimum Gasteiger partial charge on any atom is -0.393 e. The van der Waals surface area contributed by atoms with Gasteiger partial charge in [0.1, 0.15) is 12.1 Å². The van der Waals surface area contributed by atoms with Crippen molar-refractivity contribution >= 4 is 23.6 Å². The monoisotopic (exact) mass is 533 g/mol. The normalized spacial score (nSPS) is 37.3. The second-order valence-electron chi connectivity index (χ2n) is 12.1. The van der Waals surface area contributed by atoms with Gasteiger partial charge in [0.15, 0.2) is 10.9 Å². The number of rotatable bonds is 6. The van der Waals surface area contributed by atoms with Crippen molar-refractivity contribution in [3.63, 3.8) is 0 Å². The Bertz CT molecular complexity index is 1320. The lowest BCUT2D eigenvalue weighted by molar-refractivity contribution is -0.177. The number of hydrogen-bond acceptors (Lipinski definition) is 7. The second kappa shape index (κ2) is 9.29. The van der Waals surface area contributed by atoms with E-state index in [9.17, 15) is 15.0 Å². The van der Waals surface area contributed by atoms with Gasteiger partial charge in [0.05, 0.1) is 23.7 Å². The zero-order chi connectivity index (χ0) is 26.7. The Morgan fingerprint density at radius 1 is 1.29 bits per heavy atom. The molecule has 3 saturated carbocycles. The fraction of sp³-hybridized carbons (Fsp3) is 0.621. The predicted molar refractivity (Wildman–Crippen MR) is 144 cm³/mol. The average molecular weight is 534 g/mol. The number of aliphatic hydroxyl groups is 2. The standard InChI is InChI=1S/C29H35N5O3S/c1-27-14-18-16-33-34(12-11-30-3)22(18)13-19(27)5-6-20-21-7-8-29(37,28(21,2)15-23(35)25(20)27)24(36)17-38-26-31-9-4-10-32-26/h4,9-10,13,16,20-21,23,25,35,37H,5-8,11-12,14-15,17H2,1-2H3/t20?,21?,23?,25?,27?,28?,29-/m0/s1. The van der Waals surface area contributed by atoms with Gasteiger partial charge in [0, 0.05) is 17.8 Å². The number of nitrogens with zero attached hydrogens (tertiary/aromatic N) is 5. The van der Waals surface area contributed by atoms with Crippen LogP contribution < -0.4 is 0 Å². The number of carbonyl (C=O) groups excluding carboxylic acids is 1. The summed E-state index contributed by atoms with van der Waals surface area (Å²) in [5.74, 6) is 0.450. The van der Waals surface area contributed by atoms with Gasteiger partial charge in [-0.2, -0.15) is 5.10 Å². The van der Waals surface area contributed by atoms with E-state index in [1.54, 1.807) is 18.5 Å². The van der Waals surface area contributed by atoms with Crippen LogP contribution in [0.5, 0.6) is 0 Å². The molecule has 2 aromatic rings. The summed E-state index contributed by atoms with van der Waals surface area (Å²) in [6.07, 6.45) is 11.3. The highest BCUT2D eigenvalue weighted by atomic mass is 32.2. The largest absolute Gasteiger partial charge is 0.393 e. The first-order valence-electron chi connectivity index (χ1n) is 13.6. The van der Waals surface area contributed by atoms with E-state index in [1.807, 2.05) is 17.8 Å². The molecule has 2 heterocycles. The SMILES string of the molecule is [C-]#[N+]CCn1ncc2c1C=C1CCC3C(C(O)CC4(C)C3CC[C@]4(O)C(=O)CSc3ncccn3)C1(C)C2. The van der Waals surface area contributed by atoms with E-state index in [0.29, 0.717) is 31.1 Å². The first kappa shape index (κ1) is 25.7. The van der Waals surface area contributed by atoms with Crippen molar-refractivity contribution in [2.75, 3.05) is 12.3 Å². The zero-order valence-electron chi connectivity index (χ0n) is 22.0. The molecule has 0 spiro atoms. The molecule has 6 unspecified atom stereocenters. The third kappa shape index (κ3) is 3.71. The van der Waals surface area contributed by atoms with Crippen molar-refractivity contribution in [2.24, 2.45) is 28.6 Å². The molecule has 7 atom stereocenters. The Kier molecular flexibility index (Phi) is 6.29. The molecule has 4 aliphatic carbocycles. The van der Waals surface area contributed by atoms with Gasteiger partial charge >= 0.3 is 0 Å². The predicted octanol–water partition coefficient (Wildman–Crippen LogP) is 3.84. The highest BCUT2D eigenvalue weighted by Gasteiger charge is 2.68. The lowest BCUT2D eigenvalue weighted by Crippen LogP contribution is -2.62. The minimum atomic E-state index is -1.45. The highest BCUT2D eigenvalue weighted by Crippen LogP contribution is 2.67. The van der Waals surface area contributed by atoms with Gasteiger partial charge in [-0.3, -0.25) is 9.48 Å². The van der Waals surface area contributed by atoms with Gasteiger partial charge in [-0.25, -0.2) is 16.5 Å². The van der Waals surface area contributed by atoms with Gasteiger partial charge in [0.25, 0.3) is 0 Å². The van der Waals surface area contributed by atoms with Crippen LogP contribution in [0.4, 0.5) is 0 Å². The fourth-order valence-corrected chi connectivity index (χ4v) is 9.40. The van der Waals surface area contributed by atoms with Crippen molar-refractivity contribution in [3.8, 4) is 0 Å². The van der Waals surface area contributed by atoms with Crippen molar-refractivity contribution < 1.29 is 15.0 Å². The smallest absolute Gasteiger partial charge is 0.234 e. The van der Waals surface area contributed by atoms with Crippen molar-refractivity contribution in [3.05, 3.63) is 52.9 Å². The lowest BCUT2D eigenvalue weighted by atomic mass is 9.45. The number of thioether (sulfide) groups is 1. The number of aromatic nitrogens is 4. The van der Waals surface area contributed by atoms with Crippen molar-refractivity contribution in [1.82, 2.24) is 19.7 Å². The van der Waals surface area contributed by atoms with Crippen LogP contribution in [0.1, 0.15) is 57.2 Å². The summed E-state index contributed by atoms with van der Waals surface area (Å²) in [5.41, 5.74) is 1.35. The van der Waals surface area contributed by atoms with Crippen LogP contribution in [0, 0.1) is 35.2 Å². The summed E-state index contributed by atoms with van der Waals surface area (Å²) < 4.78 is 1.95. The zero-order valence-corrected chi connectivity index (χ0v) is 22.8. The summed E-state index contributed by atoms with van der Waals surface area (Å²) in [5, 5.41) is 28.8. The molecule has 6 rings (SSSR count). The summed E-state index contributed by atoms with van der Waals surface area (Å²) in [6, 6.07) is 1.74. The van der Waals surface area contributed by atoms with Crippen LogP contribution in [-0.4, -0.2) is 59.7 Å². The summed E-state index contributed by atoms with van der Waals surface area (Å²) in [6.45, 7) is 12.5. The molecule has 0 saturated heterocycles. The van der Waals surface area contributed by atoms with Gasteiger partial charge < -0.3 is 15.1 Å². The average Bonchev–Trinajstić information content (AvgIpc) is 3.41. The van der Waals surface area contributed by atoms with Crippen LogP contribution >= 0.6 is 11.8 Å². The van der Waals surface area contributed by atoms with Crippen LogP contribution in [-0.2, 0) is 17.8 Å². The lowest BCUT2D eigenvalue weighted by Gasteiger charge is -2.60. The number of hydrogen-bond donors (Lipinski definition) is 2. The Morgan fingerprint density at radius 2 is 2.08 bits per heavy atom. The first-order chi connectivity index (χ1) is 18.2. The molecule has 2 N–H and O–H groups in total.